The van der Waals surface area contributed by atoms with Gasteiger partial charge in [-0.05, 0) is 65.1 Å². The highest BCUT2D eigenvalue weighted by atomic mass is 32.2. The van der Waals surface area contributed by atoms with Gasteiger partial charge in [0.1, 0.15) is 0 Å². The van der Waals surface area contributed by atoms with Crippen LogP contribution in [0.2, 0.25) is 0 Å². The molecule has 0 spiro atoms. The molecule has 1 aliphatic heterocycles. The van der Waals surface area contributed by atoms with E-state index < -0.39 is 0 Å². The maximum Gasteiger partial charge on any atom is 0.0111 e. The van der Waals surface area contributed by atoms with Crippen LogP contribution in [0, 0.1) is 0 Å². The molecule has 23 heavy (non-hydrogen) atoms. The van der Waals surface area contributed by atoms with Gasteiger partial charge in [0.15, 0.2) is 0 Å². The van der Waals surface area contributed by atoms with Crippen molar-refractivity contribution in [1.29, 1.82) is 0 Å². The lowest BCUT2D eigenvalue weighted by molar-refractivity contribution is 0.831. The van der Waals surface area contributed by atoms with Crippen molar-refractivity contribution in [3.63, 3.8) is 0 Å². The lowest BCUT2D eigenvalue weighted by atomic mass is 9.79. The maximum absolute atomic E-state index is 2.41. The van der Waals surface area contributed by atoms with Gasteiger partial charge in [0.2, 0.25) is 0 Å². The van der Waals surface area contributed by atoms with E-state index in [2.05, 4.69) is 48.6 Å². The summed E-state index contributed by atoms with van der Waals surface area (Å²) in [6, 6.07) is 11.6. The zero-order chi connectivity index (χ0) is 15.2. The predicted molar refractivity (Wildman–Crippen MR) is 103 cm³/mol. The molecule has 0 amide bonds. The summed E-state index contributed by atoms with van der Waals surface area (Å²) in [4.78, 5) is 1.48. The largest absolute Gasteiger partial charge is 0.126 e. The summed E-state index contributed by atoms with van der Waals surface area (Å²) in [6.07, 6.45) is 13.2. The summed E-state index contributed by atoms with van der Waals surface area (Å²) in [5.41, 5.74) is 7.67. The second-order valence-electron chi connectivity index (χ2n) is 6.66. The van der Waals surface area contributed by atoms with E-state index in [1.54, 1.807) is 11.1 Å². The van der Waals surface area contributed by atoms with E-state index in [1.807, 2.05) is 11.8 Å². The van der Waals surface area contributed by atoms with E-state index in [4.69, 9.17) is 0 Å². The average Bonchev–Trinajstić information content (AvgIpc) is 3.15. The standard InChI is InChI=1S/C22H20S/c1-2-6-16-15(5-1)10-11-19-17-7-3-8-21(22-9-4-14-23-22)20(17)13-12-18(16)19/h2-3,6-9,12-13H,1,4-5,10-11,14H2. The number of hydrogen-bond donors (Lipinski definition) is 0. The highest BCUT2D eigenvalue weighted by Crippen LogP contribution is 2.43. The molecule has 0 saturated carbocycles. The summed E-state index contributed by atoms with van der Waals surface area (Å²) in [7, 11) is 0. The molecule has 0 saturated heterocycles. The van der Waals surface area contributed by atoms with Crippen LogP contribution in [0.5, 0.6) is 0 Å². The van der Waals surface area contributed by atoms with Gasteiger partial charge in [0.05, 0.1) is 0 Å². The van der Waals surface area contributed by atoms with Gasteiger partial charge in [-0.15, -0.1) is 11.8 Å². The van der Waals surface area contributed by atoms with Crippen LogP contribution in [0.4, 0.5) is 0 Å². The molecular formula is C22H20S. The third-order valence-corrected chi connectivity index (χ3v) is 6.53. The second kappa shape index (κ2) is 5.42. The van der Waals surface area contributed by atoms with Gasteiger partial charge in [-0.25, -0.2) is 0 Å². The third kappa shape index (κ3) is 2.14. The summed E-state index contributed by atoms with van der Waals surface area (Å²) in [5.74, 6) is 1.23. The molecule has 0 radical (unpaired) electrons. The Balaban J connectivity index is 1.75. The van der Waals surface area contributed by atoms with Crippen molar-refractivity contribution < 1.29 is 0 Å². The van der Waals surface area contributed by atoms with Crippen LogP contribution < -0.4 is 0 Å². The van der Waals surface area contributed by atoms with E-state index >= 15 is 0 Å². The lowest BCUT2D eigenvalue weighted by Crippen LogP contribution is -2.07. The number of aryl methyl sites for hydroxylation is 1. The molecule has 0 bridgehead atoms. The van der Waals surface area contributed by atoms with Crippen molar-refractivity contribution >= 4 is 33.0 Å². The molecule has 2 aromatic rings. The second-order valence-corrected chi connectivity index (χ2v) is 7.79. The highest BCUT2D eigenvalue weighted by Gasteiger charge is 2.21. The Hall–Kier alpha value is -1.73. The number of fused-ring (bicyclic) bond motifs is 4. The van der Waals surface area contributed by atoms with Crippen LogP contribution >= 0.6 is 11.8 Å². The Labute approximate surface area is 142 Å². The molecule has 0 nitrogen and oxygen atoms in total. The molecule has 0 aromatic heterocycles. The van der Waals surface area contributed by atoms with Gasteiger partial charge in [-0.1, -0.05) is 54.1 Å². The third-order valence-electron chi connectivity index (χ3n) is 5.39. The summed E-state index contributed by atoms with van der Waals surface area (Å²) < 4.78 is 0. The van der Waals surface area contributed by atoms with E-state index in [1.165, 1.54) is 70.2 Å². The Kier molecular flexibility index (Phi) is 3.22. The molecule has 3 aliphatic rings. The number of benzene rings is 2. The average molecular weight is 316 g/mol. The molecule has 5 rings (SSSR count). The van der Waals surface area contributed by atoms with Crippen LogP contribution in [0.15, 0.2) is 54.1 Å². The van der Waals surface area contributed by atoms with Crippen LogP contribution in [-0.4, -0.2) is 5.75 Å². The first kappa shape index (κ1) is 13.7. The first-order chi connectivity index (χ1) is 11.4. The van der Waals surface area contributed by atoms with Crippen LogP contribution in [-0.2, 0) is 6.42 Å². The van der Waals surface area contributed by atoms with Gasteiger partial charge in [-0.3, -0.25) is 0 Å². The lowest BCUT2D eigenvalue weighted by Gasteiger charge is -2.26. The van der Waals surface area contributed by atoms with Crippen LogP contribution in [0.1, 0.15) is 42.4 Å². The van der Waals surface area contributed by atoms with E-state index in [0.29, 0.717) is 0 Å². The Morgan fingerprint density at radius 2 is 1.83 bits per heavy atom. The number of rotatable bonds is 1. The summed E-state index contributed by atoms with van der Waals surface area (Å²) >= 11 is 2.01. The first-order valence-electron chi connectivity index (χ1n) is 8.69. The van der Waals surface area contributed by atoms with Gasteiger partial charge >= 0.3 is 0 Å². The summed E-state index contributed by atoms with van der Waals surface area (Å²) in [6.45, 7) is 0. The zero-order valence-electron chi connectivity index (χ0n) is 13.3. The fourth-order valence-electron chi connectivity index (χ4n) is 4.29. The van der Waals surface area contributed by atoms with Crippen LogP contribution in [0.25, 0.3) is 21.3 Å². The van der Waals surface area contributed by atoms with Gasteiger partial charge in [0.25, 0.3) is 0 Å². The molecule has 0 fully saturated rings. The quantitative estimate of drug-likeness (QED) is 0.589. The van der Waals surface area contributed by atoms with Crippen molar-refractivity contribution in [2.75, 3.05) is 5.75 Å². The molecule has 0 atom stereocenters. The molecule has 2 aliphatic carbocycles. The molecular weight excluding hydrogens is 296 g/mol. The molecule has 0 N–H and O–H groups in total. The molecule has 2 aromatic carbocycles. The molecule has 1 heteroatoms. The van der Waals surface area contributed by atoms with E-state index in [9.17, 15) is 0 Å². The van der Waals surface area contributed by atoms with E-state index in [-0.39, 0.29) is 0 Å². The van der Waals surface area contributed by atoms with Crippen molar-refractivity contribution in [3.05, 3.63) is 70.8 Å². The van der Waals surface area contributed by atoms with Gasteiger partial charge in [0, 0.05) is 10.7 Å². The number of allylic oxidation sites excluding steroid dienone is 5. The Bertz CT molecular complexity index is 896. The minimum absolute atomic E-state index is 1.20. The van der Waals surface area contributed by atoms with Crippen molar-refractivity contribution in [2.24, 2.45) is 0 Å². The topological polar surface area (TPSA) is 0 Å². The number of hydrogen-bond acceptors (Lipinski definition) is 1. The van der Waals surface area contributed by atoms with Crippen LogP contribution in [0.3, 0.4) is 0 Å². The normalized spacial score (nSPS) is 19.7. The van der Waals surface area contributed by atoms with Crippen molar-refractivity contribution in [2.45, 2.75) is 32.1 Å². The fraction of sp³-hybridized carbons (Fsp3) is 0.273. The fourth-order valence-corrected chi connectivity index (χ4v) is 5.31. The van der Waals surface area contributed by atoms with Gasteiger partial charge < -0.3 is 0 Å². The smallest absolute Gasteiger partial charge is 0.0111 e. The SMILES string of the molecule is C1=CC2=C(CC1)CCc1c2ccc2c(C3=CCCS3)cccc12. The highest BCUT2D eigenvalue weighted by molar-refractivity contribution is 8.08. The minimum atomic E-state index is 1.20. The van der Waals surface area contributed by atoms with Crippen molar-refractivity contribution in [3.8, 4) is 0 Å². The maximum atomic E-state index is 2.41. The van der Waals surface area contributed by atoms with Gasteiger partial charge in [-0.2, -0.15) is 0 Å². The number of thioether (sulfide) groups is 1. The monoisotopic (exact) mass is 316 g/mol. The molecule has 1 heterocycles. The zero-order valence-corrected chi connectivity index (χ0v) is 14.1. The Morgan fingerprint density at radius 3 is 2.74 bits per heavy atom. The molecule has 0 unspecified atom stereocenters. The van der Waals surface area contributed by atoms with Crippen molar-refractivity contribution in [1.82, 2.24) is 0 Å². The minimum Gasteiger partial charge on any atom is -0.126 e. The molecule has 114 valence electrons. The Morgan fingerprint density at radius 1 is 0.826 bits per heavy atom. The predicted octanol–water partition coefficient (Wildman–Crippen LogP) is 6.37. The van der Waals surface area contributed by atoms with E-state index in [0.717, 1.165) is 0 Å². The first-order valence-corrected chi connectivity index (χ1v) is 9.67. The summed E-state index contributed by atoms with van der Waals surface area (Å²) in [5, 5.41) is 2.91.